The van der Waals surface area contributed by atoms with Crippen molar-refractivity contribution in [2.45, 2.75) is 19.8 Å². The lowest BCUT2D eigenvalue weighted by Gasteiger charge is -2.09. The van der Waals surface area contributed by atoms with Crippen molar-refractivity contribution >= 4 is 45.0 Å². The van der Waals surface area contributed by atoms with Gasteiger partial charge in [-0.15, -0.1) is 0 Å². The molecule has 122 valence electrons. The fourth-order valence-electron chi connectivity index (χ4n) is 2.51. The maximum atomic E-state index is 12.8. The maximum Gasteiger partial charge on any atom is 0.269 e. The highest BCUT2D eigenvalue weighted by atomic mass is 79.9. The number of nitrogens with one attached hydrogen (secondary N) is 1. The lowest BCUT2D eigenvalue weighted by molar-refractivity contribution is 0.0953. The number of hydrogen-bond acceptors (Lipinski definition) is 3. The molecule has 3 aromatic rings. The quantitative estimate of drug-likeness (QED) is 0.635. The van der Waals surface area contributed by atoms with E-state index >= 15 is 0 Å². The van der Waals surface area contributed by atoms with E-state index in [9.17, 15) is 9.59 Å². The molecule has 0 aliphatic rings. The van der Waals surface area contributed by atoms with Gasteiger partial charge in [-0.05, 0) is 54.0 Å². The third-order valence-electron chi connectivity index (χ3n) is 3.89. The average molecular weight is 403 g/mol. The fourth-order valence-corrected chi connectivity index (χ4v) is 3.15. The number of carbonyl (C=O) groups is 1. The molecule has 0 bridgehead atoms. The molecule has 0 saturated carbocycles. The molecular formula is C18H15BrN2O2S. The molecule has 24 heavy (non-hydrogen) atoms. The molecule has 0 fully saturated rings. The van der Waals surface area contributed by atoms with Crippen LogP contribution < -0.4 is 5.56 Å². The highest BCUT2D eigenvalue weighted by Gasteiger charge is 2.15. The maximum absolute atomic E-state index is 12.8. The second-order valence-corrected chi connectivity index (χ2v) is 7.14. The van der Waals surface area contributed by atoms with E-state index in [0.717, 1.165) is 14.6 Å². The van der Waals surface area contributed by atoms with Crippen molar-refractivity contribution in [2.24, 2.45) is 0 Å². The summed E-state index contributed by atoms with van der Waals surface area (Å²) in [4.78, 5) is 28.4. The van der Waals surface area contributed by atoms with Crippen LogP contribution in [0.4, 0.5) is 0 Å². The van der Waals surface area contributed by atoms with E-state index in [2.05, 4.69) is 34.8 Å². The molecule has 0 spiro atoms. The first-order chi connectivity index (χ1) is 11.4. The molecule has 1 heterocycles. The first kappa shape index (κ1) is 16.8. The van der Waals surface area contributed by atoms with Crippen molar-refractivity contribution < 1.29 is 4.79 Å². The molecule has 6 heteroatoms. The molecule has 0 radical (unpaired) electrons. The van der Waals surface area contributed by atoms with E-state index in [1.54, 1.807) is 24.3 Å². The van der Waals surface area contributed by atoms with Gasteiger partial charge in [-0.25, -0.2) is 4.57 Å². The molecule has 0 aliphatic heterocycles. The van der Waals surface area contributed by atoms with Crippen LogP contribution in [0.5, 0.6) is 0 Å². The minimum atomic E-state index is -0.432. The topological polar surface area (TPSA) is 54.9 Å². The first-order valence-electron chi connectivity index (χ1n) is 7.47. The minimum Gasteiger partial charge on any atom is -0.331 e. The van der Waals surface area contributed by atoms with Crippen molar-refractivity contribution in [3.05, 3.63) is 73.2 Å². The van der Waals surface area contributed by atoms with Crippen molar-refractivity contribution in [3.63, 3.8) is 0 Å². The standard InChI is InChI=1S/C18H15BrN2O2S/c1-10(2)11-3-5-12(6-4-11)16(22)21-17(23)14-9-13(19)7-8-15(14)20-18(21)24/h3-10H,1-2H3,(H,20,24). The first-order valence-corrected chi connectivity index (χ1v) is 8.68. The summed E-state index contributed by atoms with van der Waals surface area (Å²) in [7, 11) is 0. The Bertz CT molecular complexity index is 1050. The predicted octanol–water partition coefficient (Wildman–Crippen LogP) is 4.63. The van der Waals surface area contributed by atoms with E-state index < -0.39 is 11.5 Å². The van der Waals surface area contributed by atoms with Crippen molar-refractivity contribution in [3.8, 4) is 0 Å². The Labute approximate surface area is 152 Å². The summed E-state index contributed by atoms with van der Waals surface area (Å²) in [6.07, 6.45) is 0. The van der Waals surface area contributed by atoms with Gasteiger partial charge in [0.05, 0.1) is 10.9 Å². The largest absolute Gasteiger partial charge is 0.331 e. The molecule has 1 aromatic heterocycles. The number of carbonyl (C=O) groups excluding carboxylic acids is 1. The zero-order chi connectivity index (χ0) is 17.4. The van der Waals surface area contributed by atoms with Crippen LogP contribution in [0.1, 0.15) is 35.7 Å². The molecule has 0 amide bonds. The van der Waals surface area contributed by atoms with Gasteiger partial charge < -0.3 is 4.98 Å². The van der Waals surface area contributed by atoms with Gasteiger partial charge in [-0.1, -0.05) is 41.9 Å². The van der Waals surface area contributed by atoms with E-state index in [0.29, 0.717) is 22.4 Å². The van der Waals surface area contributed by atoms with Gasteiger partial charge in [0.2, 0.25) is 0 Å². The molecule has 4 nitrogen and oxygen atoms in total. The van der Waals surface area contributed by atoms with Crippen molar-refractivity contribution in [1.82, 2.24) is 9.55 Å². The van der Waals surface area contributed by atoms with Crippen LogP contribution in [0.2, 0.25) is 0 Å². The Morgan fingerprint density at radius 2 is 1.83 bits per heavy atom. The summed E-state index contributed by atoms with van der Waals surface area (Å²) in [5.41, 5.74) is 1.74. The summed E-state index contributed by atoms with van der Waals surface area (Å²) >= 11 is 8.56. The van der Waals surface area contributed by atoms with Crippen LogP contribution in [-0.2, 0) is 0 Å². The zero-order valence-corrected chi connectivity index (χ0v) is 15.6. The normalized spacial score (nSPS) is 11.2. The second-order valence-electron chi connectivity index (χ2n) is 5.84. The summed E-state index contributed by atoms with van der Waals surface area (Å²) in [6, 6.07) is 12.5. The van der Waals surface area contributed by atoms with Crippen LogP contribution in [0.15, 0.2) is 51.7 Å². The Kier molecular flexibility index (Phi) is 4.51. The van der Waals surface area contributed by atoms with Gasteiger partial charge in [0, 0.05) is 10.0 Å². The number of benzene rings is 2. The molecule has 2 aromatic carbocycles. The number of hydrogen-bond donors (Lipinski definition) is 1. The summed E-state index contributed by atoms with van der Waals surface area (Å²) in [5.74, 6) is -0.0591. The molecule has 0 aliphatic carbocycles. The molecule has 0 atom stereocenters. The van der Waals surface area contributed by atoms with Crippen LogP contribution in [0.3, 0.4) is 0 Å². The van der Waals surface area contributed by atoms with E-state index in [1.165, 1.54) is 0 Å². The molecule has 0 unspecified atom stereocenters. The number of aromatic nitrogens is 2. The lowest BCUT2D eigenvalue weighted by atomic mass is 10.0. The van der Waals surface area contributed by atoms with Gasteiger partial charge in [0.15, 0.2) is 4.77 Å². The van der Waals surface area contributed by atoms with Gasteiger partial charge in [0.25, 0.3) is 11.5 Å². The summed E-state index contributed by atoms with van der Waals surface area (Å²) < 4.78 is 1.86. The zero-order valence-electron chi connectivity index (χ0n) is 13.2. The molecular weight excluding hydrogens is 388 g/mol. The molecule has 1 N–H and O–H groups in total. The number of fused-ring (bicyclic) bond motifs is 1. The highest BCUT2D eigenvalue weighted by Crippen LogP contribution is 2.17. The van der Waals surface area contributed by atoms with E-state index in [1.807, 2.05) is 18.2 Å². The number of rotatable bonds is 2. The van der Waals surface area contributed by atoms with E-state index in [-0.39, 0.29) is 4.77 Å². The lowest BCUT2D eigenvalue weighted by Crippen LogP contribution is -2.29. The smallest absolute Gasteiger partial charge is 0.269 e. The highest BCUT2D eigenvalue weighted by molar-refractivity contribution is 9.10. The molecule has 0 saturated heterocycles. The Morgan fingerprint density at radius 1 is 1.17 bits per heavy atom. The van der Waals surface area contributed by atoms with Gasteiger partial charge in [-0.3, -0.25) is 9.59 Å². The Morgan fingerprint density at radius 3 is 2.46 bits per heavy atom. The monoisotopic (exact) mass is 402 g/mol. The SMILES string of the molecule is CC(C)c1ccc(C(=O)n2c(=S)[nH]c3ccc(Br)cc3c2=O)cc1. The number of H-pyrrole nitrogens is 1. The third kappa shape index (κ3) is 2.99. The number of nitrogens with zero attached hydrogens (tertiary/aromatic N) is 1. The fraction of sp³-hybridized carbons (Fsp3) is 0.167. The average Bonchev–Trinajstić information content (AvgIpc) is 2.55. The Balaban J connectivity index is 2.16. The number of aromatic amines is 1. The third-order valence-corrected chi connectivity index (χ3v) is 4.67. The number of halogens is 1. The van der Waals surface area contributed by atoms with Crippen molar-refractivity contribution in [1.29, 1.82) is 0 Å². The Hall–Kier alpha value is -2.05. The predicted molar refractivity (Wildman–Crippen MR) is 101 cm³/mol. The minimum absolute atomic E-state index is 0.0905. The van der Waals surface area contributed by atoms with E-state index in [4.69, 9.17) is 12.2 Å². The van der Waals surface area contributed by atoms with Gasteiger partial charge >= 0.3 is 0 Å². The van der Waals surface area contributed by atoms with Gasteiger partial charge in [-0.2, -0.15) is 0 Å². The van der Waals surface area contributed by atoms with Gasteiger partial charge in [0.1, 0.15) is 0 Å². The van der Waals surface area contributed by atoms with Crippen LogP contribution in [0, 0.1) is 4.77 Å². The van der Waals surface area contributed by atoms with Crippen molar-refractivity contribution in [2.75, 3.05) is 0 Å². The summed E-state index contributed by atoms with van der Waals surface area (Å²) in [5, 5.41) is 0.408. The molecule has 3 rings (SSSR count). The van der Waals surface area contributed by atoms with Crippen LogP contribution in [0.25, 0.3) is 10.9 Å². The van der Waals surface area contributed by atoms with Crippen LogP contribution in [-0.4, -0.2) is 15.5 Å². The van der Waals surface area contributed by atoms with Crippen LogP contribution >= 0.6 is 28.1 Å². The second kappa shape index (κ2) is 6.45. The summed E-state index contributed by atoms with van der Waals surface area (Å²) in [6.45, 7) is 4.16.